The van der Waals surface area contributed by atoms with Gasteiger partial charge in [-0.05, 0) is 49.1 Å². The molecule has 2 aromatic rings. The molecule has 0 bridgehead atoms. The van der Waals surface area contributed by atoms with Crippen molar-refractivity contribution in [1.82, 2.24) is 9.78 Å². The number of rotatable bonds is 5. The van der Waals surface area contributed by atoms with Crippen molar-refractivity contribution < 1.29 is 37.8 Å². The number of aromatic hydroxyl groups is 1. The molecule has 0 aliphatic heterocycles. The first-order chi connectivity index (χ1) is 12.0. The summed E-state index contributed by atoms with van der Waals surface area (Å²) in [6, 6.07) is 7.69. The first kappa shape index (κ1) is 26.0. The molecule has 3 rings (SSSR count). The van der Waals surface area contributed by atoms with Gasteiger partial charge >= 0.3 is 0 Å². The van der Waals surface area contributed by atoms with E-state index in [1.54, 1.807) is 4.68 Å². The Hall–Kier alpha value is -0.996. The first-order valence-corrected chi connectivity index (χ1v) is 9.36. The minimum Gasteiger partial charge on any atom is -0.505 e. The summed E-state index contributed by atoms with van der Waals surface area (Å²) < 4.78 is 1.57. The van der Waals surface area contributed by atoms with Crippen LogP contribution < -0.4 is 5.56 Å². The van der Waals surface area contributed by atoms with Gasteiger partial charge in [0.15, 0.2) is 5.75 Å². The smallest absolute Gasteiger partial charge is 0.278 e. The fourth-order valence-corrected chi connectivity index (χ4v) is 2.90. The van der Waals surface area contributed by atoms with E-state index in [0.29, 0.717) is 36.1 Å². The number of hydrogen-bond donors (Lipinski definition) is 1. The van der Waals surface area contributed by atoms with Crippen LogP contribution in [0.4, 0.5) is 0 Å². The van der Waals surface area contributed by atoms with Gasteiger partial charge in [-0.25, -0.2) is 4.68 Å². The van der Waals surface area contributed by atoms with Crippen LogP contribution in [0.3, 0.4) is 0 Å². The van der Waals surface area contributed by atoms with Crippen molar-refractivity contribution in [2.24, 2.45) is 11.8 Å². The van der Waals surface area contributed by atoms with Crippen LogP contribution >= 0.6 is 0 Å². The summed E-state index contributed by atoms with van der Waals surface area (Å²) in [7, 11) is 0. The molecular weight excluding hydrogens is 413 g/mol. The van der Waals surface area contributed by atoms with Crippen molar-refractivity contribution >= 4 is 0 Å². The Bertz CT molecular complexity index is 780. The zero-order chi connectivity index (χ0) is 18.6. The van der Waals surface area contributed by atoms with E-state index in [1.165, 1.54) is 0 Å². The van der Waals surface area contributed by atoms with Crippen molar-refractivity contribution in [3.05, 3.63) is 53.3 Å². The molecule has 1 aromatic carbocycles. The molecule has 5 heteroatoms. The fraction of sp³-hybridized carbons (Fsp3) is 0.500. The van der Waals surface area contributed by atoms with Crippen molar-refractivity contribution in [2.75, 3.05) is 0 Å². The summed E-state index contributed by atoms with van der Waals surface area (Å²) in [6.45, 7) is 10.8. The van der Waals surface area contributed by atoms with Crippen molar-refractivity contribution in [1.29, 1.82) is 0 Å². The van der Waals surface area contributed by atoms with E-state index in [-0.39, 0.29) is 51.4 Å². The van der Waals surface area contributed by atoms with Crippen LogP contribution in [0.2, 0.25) is 0 Å². The molecule has 0 spiro atoms. The molecule has 1 N–H and O–H groups in total. The quantitative estimate of drug-likeness (QED) is 0.658. The van der Waals surface area contributed by atoms with Crippen LogP contribution in [-0.4, -0.2) is 14.9 Å². The van der Waals surface area contributed by atoms with Crippen LogP contribution in [-0.2, 0) is 45.7 Å². The molecule has 1 aromatic heterocycles. The summed E-state index contributed by atoms with van der Waals surface area (Å²) in [6.07, 6.45) is 2.98. The van der Waals surface area contributed by atoms with Crippen molar-refractivity contribution in [3.8, 4) is 16.9 Å². The monoisotopic (exact) mass is 446 g/mol. The van der Waals surface area contributed by atoms with E-state index in [2.05, 4.69) is 18.9 Å². The Kier molecular flexibility index (Phi) is 11.3. The van der Waals surface area contributed by atoms with E-state index in [4.69, 9.17) is 0 Å². The summed E-state index contributed by atoms with van der Waals surface area (Å²) >= 11 is 0. The molecule has 27 heavy (non-hydrogen) atoms. The standard InChI is InChI=1S/C19H24N2O2.C2H6.CH3.Y/c1-12(2)10-16-18(22)17(15-7-5-4-6-13(15)3)19(23)21(20-16)11-14-8-9-14;1-2;;/h4-7,12,14,22H,8-11H2,1-3H3;1-2H3;1H3;/q;;-1;. The van der Waals surface area contributed by atoms with Crippen molar-refractivity contribution in [3.63, 3.8) is 0 Å². The van der Waals surface area contributed by atoms with Gasteiger partial charge in [-0.2, -0.15) is 5.10 Å². The third-order valence-corrected chi connectivity index (χ3v) is 4.34. The zero-order valence-corrected chi connectivity index (χ0v) is 20.5. The molecule has 0 saturated heterocycles. The number of hydrogen-bond acceptors (Lipinski definition) is 3. The van der Waals surface area contributed by atoms with Gasteiger partial charge in [0.25, 0.3) is 5.56 Å². The molecule has 1 aliphatic rings. The molecule has 1 aliphatic carbocycles. The Balaban J connectivity index is 0.00000164. The molecule has 1 saturated carbocycles. The van der Waals surface area contributed by atoms with Gasteiger partial charge in [0.2, 0.25) is 0 Å². The predicted molar refractivity (Wildman–Crippen MR) is 109 cm³/mol. The minimum atomic E-state index is -0.184. The van der Waals surface area contributed by atoms with Crippen LogP contribution in [0.5, 0.6) is 5.75 Å². The Morgan fingerprint density at radius 2 is 1.81 bits per heavy atom. The summed E-state index contributed by atoms with van der Waals surface area (Å²) in [5.74, 6) is 0.969. The van der Waals surface area contributed by atoms with Gasteiger partial charge in [0.1, 0.15) is 5.69 Å². The average Bonchev–Trinajstić information content (AvgIpc) is 3.39. The summed E-state index contributed by atoms with van der Waals surface area (Å²) in [4.78, 5) is 12.9. The maximum absolute atomic E-state index is 12.9. The average molecular weight is 446 g/mol. The predicted octanol–water partition coefficient (Wildman–Crippen LogP) is 5.01. The topological polar surface area (TPSA) is 55.1 Å². The molecule has 0 unspecified atom stereocenters. The molecule has 4 nitrogen and oxygen atoms in total. The molecule has 0 amide bonds. The molecule has 1 fully saturated rings. The third-order valence-electron chi connectivity index (χ3n) is 4.34. The van der Waals surface area contributed by atoms with Crippen LogP contribution in [0, 0.1) is 26.2 Å². The summed E-state index contributed by atoms with van der Waals surface area (Å²) in [5.41, 5.74) is 2.62. The van der Waals surface area contributed by atoms with Crippen molar-refractivity contribution in [2.45, 2.75) is 60.4 Å². The van der Waals surface area contributed by atoms with Gasteiger partial charge in [-0.15, -0.1) is 0 Å². The summed E-state index contributed by atoms with van der Waals surface area (Å²) in [5, 5.41) is 15.2. The van der Waals surface area contributed by atoms with E-state index in [0.717, 1.165) is 24.0 Å². The van der Waals surface area contributed by atoms with Gasteiger partial charge in [0, 0.05) is 39.3 Å². The minimum absolute atomic E-state index is 0. The second-order valence-corrected chi connectivity index (χ2v) is 7.01. The Morgan fingerprint density at radius 1 is 1.22 bits per heavy atom. The number of nitrogens with zero attached hydrogens (tertiary/aromatic N) is 2. The Labute approximate surface area is 189 Å². The van der Waals surface area contributed by atoms with Gasteiger partial charge in [-0.1, -0.05) is 52.0 Å². The third kappa shape index (κ3) is 6.53. The molecule has 147 valence electrons. The SMILES string of the molecule is CC.Cc1ccccc1-c1c(O)c(CC(C)C)nn(CC2CC2)c1=O.[CH3-].[Y]. The maximum Gasteiger partial charge on any atom is 0.278 e. The maximum atomic E-state index is 12.9. The van der Waals surface area contributed by atoms with E-state index >= 15 is 0 Å². The molecule has 1 heterocycles. The second kappa shape index (κ2) is 11.8. The number of benzene rings is 1. The van der Waals surface area contributed by atoms with Crippen LogP contribution in [0.15, 0.2) is 29.1 Å². The van der Waals surface area contributed by atoms with Crippen LogP contribution in [0.25, 0.3) is 11.1 Å². The number of aryl methyl sites for hydroxylation is 1. The Morgan fingerprint density at radius 3 is 2.33 bits per heavy atom. The molecular formula is C22H33N2O2Y-. The normalized spacial score (nSPS) is 12.5. The fourth-order valence-electron chi connectivity index (χ4n) is 2.90. The van der Waals surface area contributed by atoms with E-state index in [9.17, 15) is 9.90 Å². The molecule has 1 radical (unpaired) electrons. The largest absolute Gasteiger partial charge is 0.505 e. The zero-order valence-electron chi connectivity index (χ0n) is 17.6. The van der Waals surface area contributed by atoms with Gasteiger partial charge < -0.3 is 12.5 Å². The number of aromatic nitrogens is 2. The second-order valence-electron chi connectivity index (χ2n) is 7.01. The van der Waals surface area contributed by atoms with E-state index < -0.39 is 0 Å². The van der Waals surface area contributed by atoms with Gasteiger partial charge in [-0.3, -0.25) is 4.79 Å². The van der Waals surface area contributed by atoms with E-state index in [1.807, 2.05) is 45.0 Å². The van der Waals surface area contributed by atoms with Gasteiger partial charge in [0.05, 0.1) is 5.56 Å². The first-order valence-electron chi connectivity index (χ1n) is 9.36. The van der Waals surface area contributed by atoms with Crippen LogP contribution in [0.1, 0.15) is 51.8 Å². The molecule has 0 atom stereocenters.